The number of carboxylic acids is 1. The lowest BCUT2D eigenvalue weighted by Crippen LogP contribution is -2.36. The molecule has 2 rings (SSSR count). The van der Waals surface area contributed by atoms with Gasteiger partial charge in [-0.1, -0.05) is 0 Å². The van der Waals surface area contributed by atoms with Gasteiger partial charge >= 0.3 is 5.97 Å². The van der Waals surface area contributed by atoms with Crippen molar-refractivity contribution >= 4 is 5.97 Å². The largest absolute Gasteiger partial charge is 0.475 e. The van der Waals surface area contributed by atoms with Crippen molar-refractivity contribution in [2.45, 2.75) is 26.3 Å². The lowest BCUT2D eigenvalue weighted by Gasteiger charge is -2.31. The molecule has 18 heavy (non-hydrogen) atoms. The SMILES string of the molecule is Cc1oc(C(=O)O)cc1CN1CCCC(CO)C1. The zero-order chi connectivity index (χ0) is 13.1. The first-order chi connectivity index (χ1) is 8.60. The van der Waals surface area contributed by atoms with Gasteiger partial charge in [-0.05, 0) is 38.3 Å². The van der Waals surface area contributed by atoms with Crippen LogP contribution in [0.1, 0.15) is 34.7 Å². The third-order valence-electron chi connectivity index (χ3n) is 3.49. The molecule has 0 aliphatic carbocycles. The van der Waals surface area contributed by atoms with E-state index in [-0.39, 0.29) is 12.4 Å². The van der Waals surface area contributed by atoms with Crippen molar-refractivity contribution in [1.29, 1.82) is 0 Å². The Labute approximate surface area is 106 Å². The normalized spacial score (nSPS) is 21.1. The first-order valence-corrected chi connectivity index (χ1v) is 6.26. The van der Waals surface area contributed by atoms with Crippen LogP contribution in [0, 0.1) is 12.8 Å². The molecule has 0 amide bonds. The molecule has 2 N–H and O–H groups in total. The lowest BCUT2D eigenvalue weighted by atomic mass is 9.98. The van der Waals surface area contributed by atoms with E-state index in [1.165, 1.54) is 0 Å². The van der Waals surface area contributed by atoms with Crippen molar-refractivity contribution < 1.29 is 19.4 Å². The Bertz CT molecular complexity index is 427. The summed E-state index contributed by atoms with van der Waals surface area (Å²) in [6.45, 7) is 4.56. The number of likely N-dealkylation sites (tertiary alicyclic amines) is 1. The highest BCUT2D eigenvalue weighted by Gasteiger charge is 2.21. The van der Waals surface area contributed by atoms with E-state index >= 15 is 0 Å². The van der Waals surface area contributed by atoms with Gasteiger partial charge in [0.1, 0.15) is 5.76 Å². The number of aryl methyl sites for hydroxylation is 1. The monoisotopic (exact) mass is 253 g/mol. The van der Waals surface area contributed by atoms with Crippen LogP contribution in [0.4, 0.5) is 0 Å². The Hall–Kier alpha value is -1.33. The van der Waals surface area contributed by atoms with Gasteiger partial charge in [0.15, 0.2) is 0 Å². The van der Waals surface area contributed by atoms with Crippen LogP contribution in [0.2, 0.25) is 0 Å². The number of piperidine rings is 1. The molecule has 1 saturated heterocycles. The highest BCUT2D eigenvalue weighted by molar-refractivity contribution is 5.84. The summed E-state index contributed by atoms with van der Waals surface area (Å²) >= 11 is 0. The Kier molecular flexibility index (Phi) is 4.04. The number of nitrogens with zero attached hydrogens (tertiary/aromatic N) is 1. The van der Waals surface area contributed by atoms with Crippen LogP contribution in [0.5, 0.6) is 0 Å². The summed E-state index contributed by atoms with van der Waals surface area (Å²) in [5.41, 5.74) is 0.922. The summed E-state index contributed by atoms with van der Waals surface area (Å²) in [7, 11) is 0. The molecule has 0 spiro atoms. The van der Waals surface area contributed by atoms with Crippen LogP contribution < -0.4 is 0 Å². The summed E-state index contributed by atoms with van der Waals surface area (Å²) in [6, 6.07) is 1.60. The number of carbonyl (C=O) groups is 1. The number of aromatic carboxylic acids is 1. The van der Waals surface area contributed by atoms with Crippen LogP contribution in [0.3, 0.4) is 0 Å². The average Bonchev–Trinajstić information content (AvgIpc) is 2.71. The van der Waals surface area contributed by atoms with Crippen LogP contribution >= 0.6 is 0 Å². The average molecular weight is 253 g/mol. The number of aliphatic hydroxyl groups excluding tert-OH is 1. The molecule has 1 aliphatic heterocycles. The van der Waals surface area contributed by atoms with E-state index in [2.05, 4.69) is 4.90 Å². The smallest absolute Gasteiger partial charge is 0.371 e. The molecule has 100 valence electrons. The molecule has 1 aliphatic rings. The standard InChI is InChI=1S/C13H19NO4/c1-9-11(5-12(18-9)13(16)17)7-14-4-2-3-10(6-14)8-15/h5,10,15H,2-4,6-8H2,1H3,(H,16,17). The van der Waals surface area contributed by atoms with Gasteiger partial charge in [-0.3, -0.25) is 4.90 Å². The Balaban J connectivity index is 2.02. The van der Waals surface area contributed by atoms with E-state index in [0.29, 0.717) is 18.2 Å². The second-order valence-electron chi connectivity index (χ2n) is 4.92. The van der Waals surface area contributed by atoms with Crippen LogP contribution in [0.15, 0.2) is 10.5 Å². The molecule has 0 bridgehead atoms. The van der Waals surface area contributed by atoms with Crippen molar-refractivity contribution in [3.63, 3.8) is 0 Å². The number of hydrogen-bond donors (Lipinski definition) is 2. The fourth-order valence-electron chi connectivity index (χ4n) is 2.47. The van der Waals surface area contributed by atoms with Gasteiger partial charge < -0.3 is 14.6 Å². The molecule has 0 aromatic carbocycles. The molecular formula is C13H19NO4. The third kappa shape index (κ3) is 2.91. The van der Waals surface area contributed by atoms with Gasteiger partial charge in [-0.25, -0.2) is 4.79 Å². The van der Waals surface area contributed by atoms with E-state index in [1.54, 1.807) is 13.0 Å². The molecule has 1 aromatic heterocycles. The van der Waals surface area contributed by atoms with Crippen LogP contribution in [-0.2, 0) is 6.54 Å². The molecule has 1 unspecified atom stereocenters. The van der Waals surface area contributed by atoms with Crippen molar-refractivity contribution in [3.05, 3.63) is 23.2 Å². The number of rotatable bonds is 4. The summed E-state index contributed by atoms with van der Waals surface area (Å²) in [6.07, 6.45) is 2.14. The number of hydrogen-bond acceptors (Lipinski definition) is 4. The summed E-state index contributed by atoms with van der Waals surface area (Å²) < 4.78 is 5.20. The van der Waals surface area contributed by atoms with E-state index in [9.17, 15) is 9.90 Å². The van der Waals surface area contributed by atoms with Crippen LogP contribution in [-0.4, -0.2) is 40.8 Å². The van der Waals surface area contributed by atoms with Crippen LogP contribution in [0.25, 0.3) is 0 Å². The zero-order valence-corrected chi connectivity index (χ0v) is 10.6. The second-order valence-corrected chi connectivity index (χ2v) is 4.92. The van der Waals surface area contributed by atoms with Gasteiger partial charge in [0.05, 0.1) is 0 Å². The molecule has 0 radical (unpaired) electrons. The first-order valence-electron chi connectivity index (χ1n) is 6.26. The van der Waals surface area contributed by atoms with Crippen molar-refractivity contribution in [2.75, 3.05) is 19.7 Å². The third-order valence-corrected chi connectivity index (χ3v) is 3.49. The minimum Gasteiger partial charge on any atom is -0.475 e. The molecule has 1 atom stereocenters. The molecule has 0 saturated carbocycles. The quantitative estimate of drug-likeness (QED) is 0.850. The fraction of sp³-hybridized carbons (Fsp3) is 0.615. The predicted molar refractivity (Wildman–Crippen MR) is 65.5 cm³/mol. The molecule has 1 aromatic rings. The van der Waals surface area contributed by atoms with Crippen molar-refractivity contribution in [3.8, 4) is 0 Å². The number of furan rings is 1. The second kappa shape index (κ2) is 5.54. The summed E-state index contributed by atoms with van der Waals surface area (Å²) in [4.78, 5) is 13.1. The van der Waals surface area contributed by atoms with E-state index < -0.39 is 5.97 Å². The van der Waals surface area contributed by atoms with Gasteiger partial charge in [-0.15, -0.1) is 0 Å². The molecule has 5 nitrogen and oxygen atoms in total. The predicted octanol–water partition coefficient (Wildman–Crippen LogP) is 1.49. The lowest BCUT2D eigenvalue weighted by molar-refractivity contribution is 0.0661. The number of aliphatic hydroxyl groups is 1. The summed E-state index contributed by atoms with van der Waals surface area (Å²) in [5, 5.41) is 18.1. The molecule has 2 heterocycles. The Morgan fingerprint density at radius 1 is 1.61 bits per heavy atom. The van der Waals surface area contributed by atoms with Gasteiger partial charge in [0, 0.05) is 25.3 Å². The van der Waals surface area contributed by atoms with E-state index in [4.69, 9.17) is 9.52 Å². The maximum atomic E-state index is 10.8. The summed E-state index contributed by atoms with van der Waals surface area (Å²) in [5.74, 6) is -0.0298. The first kappa shape index (κ1) is 13.1. The minimum absolute atomic E-state index is 0.00165. The highest BCUT2D eigenvalue weighted by Crippen LogP contribution is 2.21. The van der Waals surface area contributed by atoms with Gasteiger partial charge in [-0.2, -0.15) is 0 Å². The molecule has 5 heteroatoms. The maximum Gasteiger partial charge on any atom is 0.371 e. The Morgan fingerprint density at radius 2 is 2.39 bits per heavy atom. The number of carboxylic acid groups (broad SMARTS) is 1. The Morgan fingerprint density at radius 3 is 3.00 bits per heavy atom. The van der Waals surface area contributed by atoms with Gasteiger partial charge in [0.25, 0.3) is 0 Å². The van der Waals surface area contributed by atoms with E-state index in [0.717, 1.165) is 31.5 Å². The maximum absolute atomic E-state index is 10.8. The zero-order valence-electron chi connectivity index (χ0n) is 10.6. The molecular weight excluding hydrogens is 234 g/mol. The van der Waals surface area contributed by atoms with E-state index in [1.807, 2.05) is 0 Å². The van der Waals surface area contributed by atoms with Crippen molar-refractivity contribution in [1.82, 2.24) is 4.90 Å². The minimum atomic E-state index is -1.03. The van der Waals surface area contributed by atoms with Gasteiger partial charge in [0.2, 0.25) is 5.76 Å². The topological polar surface area (TPSA) is 73.9 Å². The fourth-order valence-corrected chi connectivity index (χ4v) is 2.47. The van der Waals surface area contributed by atoms with Crippen molar-refractivity contribution in [2.24, 2.45) is 5.92 Å². The molecule has 1 fully saturated rings. The highest BCUT2D eigenvalue weighted by atomic mass is 16.4.